The standard InChI is InChI=1S/C11H16/c1-2-3-5-9-6-4-7-10-8-11(9)10/h6H,2-5,7-8H2,1H3. The second-order valence-electron chi connectivity index (χ2n) is 3.63. The van der Waals surface area contributed by atoms with Gasteiger partial charge in [0.2, 0.25) is 0 Å². The molecule has 0 aliphatic heterocycles. The predicted octanol–water partition coefficient (Wildman–Crippen LogP) is 3.60. The van der Waals surface area contributed by atoms with Crippen LogP contribution in [-0.2, 0) is 0 Å². The van der Waals surface area contributed by atoms with Crippen molar-refractivity contribution in [1.82, 2.24) is 0 Å². The van der Waals surface area contributed by atoms with Crippen LogP contribution < -0.4 is 0 Å². The molecule has 2 aliphatic carbocycles. The number of allylic oxidation sites excluding steroid dienone is 4. The van der Waals surface area contributed by atoms with E-state index < -0.39 is 0 Å². The average Bonchev–Trinajstić information content (AvgIpc) is 2.79. The Morgan fingerprint density at radius 3 is 3.18 bits per heavy atom. The molecule has 11 heavy (non-hydrogen) atoms. The molecule has 0 saturated carbocycles. The summed E-state index contributed by atoms with van der Waals surface area (Å²) in [6.45, 7) is 2.27. The topological polar surface area (TPSA) is 0 Å². The lowest BCUT2D eigenvalue weighted by atomic mass is 10.0. The zero-order valence-corrected chi connectivity index (χ0v) is 7.32. The van der Waals surface area contributed by atoms with E-state index in [1.54, 1.807) is 16.7 Å². The van der Waals surface area contributed by atoms with E-state index >= 15 is 0 Å². The van der Waals surface area contributed by atoms with Gasteiger partial charge in [-0.15, -0.1) is 0 Å². The first-order chi connectivity index (χ1) is 5.42. The van der Waals surface area contributed by atoms with Crippen LogP contribution in [0.15, 0.2) is 22.8 Å². The maximum atomic E-state index is 2.46. The highest BCUT2D eigenvalue weighted by Gasteiger charge is 2.25. The quantitative estimate of drug-likeness (QED) is 0.573. The molecule has 0 saturated heterocycles. The molecule has 0 atom stereocenters. The zero-order valence-electron chi connectivity index (χ0n) is 7.32. The van der Waals surface area contributed by atoms with Crippen molar-refractivity contribution in [1.29, 1.82) is 0 Å². The van der Waals surface area contributed by atoms with Gasteiger partial charge < -0.3 is 0 Å². The maximum absolute atomic E-state index is 2.46. The molecule has 0 amide bonds. The van der Waals surface area contributed by atoms with E-state index in [0.717, 1.165) is 0 Å². The van der Waals surface area contributed by atoms with Crippen LogP contribution in [0.2, 0.25) is 0 Å². The van der Waals surface area contributed by atoms with E-state index in [1.807, 2.05) is 0 Å². The lowest BCUT2D eigenvalue weighted by Crippen LogP contribution is -1.84. The van der Waals surface area contributed by atoms with Crippen LogP contribution in [0.25, 0.3) is 0 Å². The van der Waals surface area contributed by atoms with Crippen molar-refractivity contribution in [3.8, 4) is 0 Å². The van der Waals surface area contributed by atoms with Crippen molar-refractivity contribution < 1.29 is 0 Å². The third-order valence-corrected chi connectivity index (χ3v) is 2.72. The third-order valence-electron chi connectivity index (χ3n) is 2.72. The van der Waals surface area contributed by atoms with Gasteiger partial charge in [0.05, 0.1) is 0 Å². The van der Waals surface area contributed by atoms with E-state index in [-0.39, 0.29) is 0 Å². The largest absolute Gasteiger partial charge is 0.0807 e. The van der Waals surface area contributed by atoms with E-state index in [2.05, 4.69) is 13.0 Å². The van der Waals surface area contributed by atoms with Gasteiger partial charge in [0.15, 0.2) is 0 Å². The van der Waals surface area contributed by atoms with E-state index in [4.69, 9.17) is 0 Å². The van der Waals surface area contributed by atoms with Crippen molar-refractivity contribution in [3.63, 3.8) is 0 Å². The Hall–Kier alpha value is -0.520. The fourth-order valence-corrected chi connectivity index (χ4v) is 1.91. The Labute approximate surface area is 69.0 Å². The summed E-state index contributed by atoms with van der Waals surface area (Å²) in [6.07, 6.45) is 10.6. The van der Waals surface area contributed by atoms with Gasteiger partial charge in [0.25, 0.3) is 0 Å². The van der Waals surface area contributed by atoms with Gasteiger partial charge in [-0.25, -0.2) is 0 Å². The Kier molecular flexibility index (Phi) is 1.85. The Bertz CT molecular complexity index is 218. The summed E-state index contributed by atoms with van der Waals surface area (Å²) in [6, 6.07) is 0. The number of rotatable bonds is 3. The second kappa shape index (κ2) is 2.84. The maximum Gasteiger partial charge on any atom is -0.00587 e. The summed E-state index contributed by atoms with van der Waals surface area (Å²) in [4.78, 5) is 0. The van der Waals surface area contributed by atoms with Gasteiger partial charge in [-0.2, -0.15) is 0 Å². The van der Waals surface area contributed by atoms with E-state index in [9.17, 15) is 0 Å². The molecule has 0 heteroatoms. The summed E-state index contributed by atoms with van der Waals surface area (Å²) in [5, 5.41) is 0. The van der Waals surface area contributed by atoms with Crippen LogP contribution in [0, 0.1) is 0 Å². The summed E-state index contributed by atoms with van der Waals surface area (Å²) in [7, 11) is 0. The molecule has 0 fully saturated rings. The molecule has 2 aliphatic rings. The number of hydrogen-bond donors (Lipinski definition) is 0. The normalized spacial score (nSPS) is 21.4. The first-order valence-corrected chi connectivity index (χ1v) is 4.82. The molecule has 2 rings (SSSR count). The van der Waals surface area contributed by atoms with Gasteiger partial charge in [0, 0.05) is 0 Å². The van der Waals surface area contributed by atoms with Gasteiger partial charge in [-0.3, -0.25) is 0 Å². The SMILES string of the molecule is CCCCC1=CCCC2=C1C2. The molecular weight excluding hydrogens is 132 g/mol. The molecule has 0 radical (unpaired) electrons. The van der Waals surface area contributed by atoms with E-state index in [0.29, 0.717) is 0 Å². The first kappa shape index (κ1) is 7.15. The van der Waals surface area contributed by atoms with E-state index in [1.165, 1.54) is 38.5 Å². The molecule has 0 heterocycles. The average molecular weight is 148 g/mol. The molecular formula is C11H16. The highest BCUT2D eigenvalue weighted by molar-refractivity contribution is 5.52. The van der Waals surface area contributed by atoms with Crippen LogP contribution in [0.5, 0.6) is 0 Å². The number of hydrogen-bond acceptors (Lipinski definition) is 0. The molecule has 0 aromatic carbocycles. The second-order valence-corrected chi connectivity index (χ2v) is 3.63. The van der Waals surface area contributed by atoms with Crippen LogP contribution in [0.1, 0.15) is 45.4 Å². The van der Waals surface area contributed by atoms with Crippen molar-refractivity contribution in [3.05, 3.63) is 22.8 Å². The molecule has 0 spiro atoms. The molecule has 0 aromatic heterocycles. The minimum atomic E-state index is 1.32. The van der Waals surface area contributed by atoms with Crippen molar-refractivity contribution in [2.24, 2.45) is 0 Å². The van der Waals surface area contributed by atoms with Crippen LogP contribution in [0.4, 0.5) is 0 Å². The smallest absolute Gasteiger partial charge is 0.00587 e. The molecule has 0 unspecified atom stereocenters. The lowest BCUT2D eigenvalue weighted by molar-refractivity contribution is 0.787. The Morgan fingerprint density at radius 2 is 2.36 bits per heavy atom. The monoisotopic (exact) mass is 148 g/mol. The van der Waals surface area contributed by atoms with Crippen molar-refractivity contribution >= 4 is 0 Å². The van der Waals surface area contributed by atoms with Gasteiger partial charge in [-0.1, -0.05) is 25.0 Å². The molecule has 0 bridgehead atoms. The Balaban J connectivity index is 1.93. The molecule has 60 valence electrons. The first-order valence-electron chi connectivity index (χ1n) is 4.82. The summed E-state index contributed by atoms with van der Waals surface area (Å²) in [5.74, 6) is 0. The third kappa shape index (κ3) is 1.40. The van der Waals surface area contributed by atoms with Gasteiger partial charge in [-0.05, 0) is 43.3 Å². The van der Waals surface area contributed by atoms with Gasteiger partial charge >= 0.3 is 0 Å². The zero-order chi connectivity index (χ0) is 7.68. The van der Waals surface area contributed by atoms with Gasteiger partial charge in [0.1, 0.15) is 0 Å². The minimum Gasteiger partial charge on any atom is -0.0807 e. The Morgan fingerprint density at radius 1 is 1.45 bits per heavy atom. The number of unbranched alkanes of at least 4 members (excludes halogenated alkanes) is 1. The van der Waals surface area contributed by atoms with Crippen molar-refractivity contribution in [2.75, 3.05) is 0 Å². The fourth-order valence-electron chi connectivity index (χ4n) is 1.91. The predicted molar refractivity (Wildman–Crippen MR) is 48.5 cm³/mol. The van der Waals surface area contributed by atoms with Crippen LogP contribution in [-0.4, -0.2) is 0 Å². The minimum absolute atomic E-state index is 1.32. The highest BCUT2D eigenvalue weighted by atomic mass is 14.3. The molecule has 0 aromatic rings. The van der Waals surface area contributed by atoms with Crippen LogP contribution >= 0.6 is 0 Å². The molecule has 0 nitrogen and oxygen atoms in total. The van der Waals surface area contributed by atoms with Crippen LogP contribution in [0.3, 0.4) is 0 Å². The summed E-state index contributed by atoms with van der Waals surface area (Å²) in [5.41, 5.74) is 5.18. The lowest BCUT2D eigenvalue weighted by Gasteiger charge is -2.04. The summed E-state index contributed by atoms with van der Waals surface area (Å²) < 4.78 is 0. The summed E-state index contributed by atoms with van der Waals surface area (Å²) >= 11 is 0. The highest BCUT2D eigenvalue weighted by Crippen LogP contribution is 2.45. The van der Waals surface area contributed by atoms with Crippen molar-refractivity contribution in [2.45, 2.75) is 45.4 Å². The molecule has 0 N–H and O–H groups in total. The fraction of sp³-hybridized carbons (Fsp3) is 0.636.